The molecule has 1 saturated heterocycles. The number of unbranched alkanes of at least 4 members (excludes halogenated alkanes) is 5. The van der Waals surface area contributed by atoms with Gasteiger partial charge in [0, 0.05) is 37.6 Å². The van der Waals surface area contributed by atoms with Gasteiger partial charge < -0.3 is 4.90 Å². The molecule has 0 aliphatic carbocycles. The van der Waals surface area contributed by atoms with Gasteiger partial charge in [0.15, 0.2) is 0 Å². The fraction of sp³-hybridized carbons (Fsp3) is 0.810. The summed E-state index contributed by atoms with van der Waals surface area (Å²) in [6.45, 7) is 12.4. The Balaban J connectivity index is 0.00000163. The molecule has 5 heteroatoms. The van der Waals surface area contributed by atoms with Crippen molar-refractivity contribution >= 4 is 5.95 Å². The molecule has 1 fully saturated rings. The number of rotatable bonds is 9. The van der Waals surface area contributed by atoms with Crippen LogP contribution in [0.5, 0.6) is 0 Å². The topological polar surface area (TPSA) is 58.3 Å². The summed E-state index contributed by atoms with van der Waals surface area (Å²) in [4.78, 5) is 11.7. The fourth-order valence-electron chi connectivity index (χ4n) is 3.63. The first kappa shape index (κ1) is 22.8. The molecule has 0 radical (unpaired) electrons. The molecule has 2 N–H and O–H groups in total. The third kappa shape index (κ3) is 7.20. The Bertz CT molecular complexity index is 462. The van der Waals surface area contributed by atoms with Crippen LogP contribution in [0.3, 0.4) is 0 Å². The first-order valence-electron chi connectivity index (χ1n) is 10.7. The van der Waals surface area contributed by atoms with E-state index in [0.717, 1.165) is 31.9 Å². The molecule has 2 heterocycles. The van der Waals surface area contributed by atoms with Crippen LogP contribution in [0, 0.1) is 0 Å². The van der Waals surface area contributed by atoms with E-state index in [0.29, 0.717) is 12.1 Å². The lowest BCUT2D eigenvalue weighted by Crippen LogP contribution is -2.60. The first-order valence-corrected chi connectivity index (χ1v) is 10.7. The number of aryl methyl sites for hydroxylation is 1. The molecule has 1 aliphatic rings. The van der Waals surface area contributed by atoms with Crippen LogP contribution in [-0.4, -0.2) is 40.2 Å². The van der Waals surface area contributed by atoms with Gasteiger partial charge in [0.1, 0.15) is 0 Å². The summed E-state index contributed by atoms with van der Waals surface area (Å²) in [5.41, 5.74) is 1.26. The summed E-state index contributed by atoms with van der Waals surface area (Å²) >= 11 is 0. The molecule has 1 aromatic heterocycles. The molecule has 0 bridgehead atoms. The Morgan fingerprint density at radius 2 is 1.62 bits per heavy atom. The van der Waals surface area contributed by atoms with Gasteiger partial charge in [0.05, 0.1) is 0 Å². The lowest BCUT2D eigenvalue weighted by Gasteiger charge is -2.44. The molecule has 5 nitrogen and oxygen atoms in total. The van der Waals surface area contributed by atoms with Crippen molar-refractivity contribution in [3.05, 3.63) is 18.0 Å². The second kappa shape index (κ2) is 13.0. The van der Waals surface area contributed by atoms with Gasteiger partial charge in [-0.2, -0.15) is 0 Å². The number of hydrogen-bond donors (Lipinski definition) is 1. The largest absolute Gasteiger partial charge is 0.332 e. The molecule has 2 unspecified atom stereocenters. The number of hydrazine groups is 1. The van der Waals surface area contributed by atoms with Gasteiger partial charge in [0.25, 0.3) is 0 Å². The molecule has 26 heavy (non-hydrogen) atoms. The smallest absolute Gasteiger partial charge is 0.225 e. The normalized spacial score (nSPS) is 20.6. The summed E-state index contributed by atoms with van der Waals surface area (Å²) in [7, 11) is 0. The van der Waals surface area contributed by atoms with Gasteiger partial charge >= 0.3 is 0 Å². The predicted octanol–water partition coefficient (Wildman–Crippen LogP) is 4.57. The van der Waals surface area contributed by atoms with E-state index in [9.17, 15) is 0 Å². The third-order valence-corrected chi connectivity index (χ3v) is 5.03. The van der Waals surface area contributed by atoms with Gasteiger partial charge in [-0.3, -0.25) is 5.84 Å². The van der Waals surface area contributed by atoms with E-state index in [4.69, 9.17) is 5.84 Å². The zero-order valence-corrected chi connectivity index (χ0v) is 17.7. The SMILES string of the molecule is CC.CCCCCCCCc1cnc(N2C(C)CN(N)CC2CC)nc1. The number of hydrogen-bond acceptors (Lipinski definition) is 5. The van der Waals surface area contributed by atoms with Crippen LogP contribution >= 0.6 is 0 Å². The maximum absolute atomic E-state index is 6.02. The Kier molecular flexibility index (Phi) is 11.5. The molecule has 0 spiro atoms. The van der Waals surface area contributed by atoms with Gasteiger partial charge in [-0.1, -0.05) is 59.8 Å². The van der Waals surface area contributed by atoms with E-state index in [1.165, 1.54) is 44.1 Å². The van der Waals surface area contributed by atoms with E-state index in [1.807, 2.05) is 31.3 Å². The predicted molar refractivity (Wildman–Crippen MR) is 112 cm³/mol. The lowest BCUT2D eigenvalue weighted by molar-refractivity contribution is 0.193. The molecule has 1 aliphatic heterocycles. The first-order chi connectivity index (χ1) is 12.7. The molecule has 0 aromatic carbocycles. The van der Waals surface area contributed by atoms with Crippen molar-refractivity contribution in [1.29, 1.82) is 0 Å². The average Bonchev–Trinajstić information content (AvgIpc) is 2.66. The standard InChI is InChI=1S/C19H35N5.C2H6/c1-4-6-7-8-9-10-11-17-12-21-19(22-13-17)24-16(3)14-23(20)15-18(24)5-2;1-2/h12-13,16,18H,4-11,14-15,20H2,1-3H3;1-2H3. The van der Waals surface area contributed by atoms with Crippen LogP contribution in [0.1, 0.15) is 85.1 Å². The van der Waals surface area contributed by atoms with E-state index in [-0.39, 0.29) is 0 Å². The minimum atomic E-state index is 0.345. The Labute approximate surface area is 161 Å². The lowest BCUT2D eigenvalue weighted by atomic mass is 10.1. The van der Waals surface area contributed by atoms with Gasteiger partial charge in [-0.05, 0) is 31.7 Å². The Hall–Kier alpha value is -1.20. The van der Waals surface area contributed by atoms with Crippen LogP contribution in [0.15, 0.2) is 12.4 Å². The summed E-state index contributed by atoms with van der Waals surface area (Å²) in [6, 6.07) is 0.737. The van der Waals surface area contributed by atoms with Gasteiger partial charge in [-0.25, -0.2) is 15.0 Å². The quantitative estimate of drug-likeness (QED) is 0.514. The monoisotopic (exact) mass is 363 g/mol. The third-order valence-electron chi connectivity index (χ3n) is 5.03. The number of piperazine rings is 1. The van der Waals surface area contributed by atoms with Crippen LogP contribution in [0.25, 0.3) is 0 Å². The zero-order valence-electron chi connectivity index (χ0n) is 17.7. The number of nitrogens with zero attached hydrogens (tertiary/aromatic N) is 4. The molecule has 2 rings (SSSR count). The maximum atomic E-state index is 6.02. The zero-order chi connectivity index (χ0) is 19.4. The van der Waals surface area contributed by atoms with Crippen molar-refractivity contribution in [2.24, 2.45) is 5.84 Å². The van der Waals surface area contributed by atoms with Crippen molar-refractivity contribution in [2.75, 3.05) is 18.0 Å². The van der Waals surface area contributed by atoms with Crippen molar-refractivity contribution in [1.82, 2.24) is 15.0 Å². The van der Waals surface area contributed by atoms with Crippen molar-refractivity contribution < 1.29 is 0 Å². The van der Waals surface area contributed by atoms with Gasteiger partial charge in [-0.15, -0.1) is 0 Å². The summed E-state index contributed by atoms with van der Waals surface area (Å²) in [5, 5.41) is 1.92. The molecule has 0 amide bonds. The van der Waals surface area contributed by atoms with E-state index >= 15 is 0 Å². The highest BCUT2D eigenvalue weighted by atomic mass is 15.5. The van der Waals surface area contributed by atoms with Crippen molar-refractivity contribution in [2.45, 2.75) is 98.1 Å². The Morgan fingerprint density at radius 1 is 1.00 bits per heavy atom. The number of nitrogens with two attached hydrogens (primary N) is 1. The summed E-state index contributed by atoms with van der Waals surface area (Å²) in [6.07, 6.45) is 14.1. The van der Waals surface area contributed by atoms with E-state index < -0.39 is 0 Å². The van der Waals surface area contributed by atoms with Crippen LogP contribution in [-0.2, 0) is 6.42 Å². The maximum Gasteiger partial charge on any atom is 0.225 e. The van der Waals surface area contributed by atoms with Crippen LogP contribution in [0.4, 0.5) is 5.95 Å². The molecule has 2 atom stereocenters. The molecule has 1 aromatic rings. The second-order valence-electron chi connectivity index (χ2n) is 7.18. The van der Waals surface area contributed by atoms with Gasteiger partial charge in [0.2, 0.25) is 5.95 Å². The Morgan fingerprint density at radius 3 is 2.23 bits per heavy atom. The highest BCUT2D eigenvalue weighted by molar-refractivity contribution is 5.35. The molecule has 150 valence electrons. The van der Waals surface area contributed by atoms with Crippen LogP contribution < -0.4 is 10.7 Å². The average molecular weight is 364 g/mol. The van der Waals surface area contributed by atoms with Crippen LogP contribution in [0.2, 0.25) is 0 Å². The highest BCUT2D eigenvalue weighted by Gasteiger charge is 2.31. The molecule has 0 saturated carbocycles. The molecular weight excluding hydrogens is 322 g/mol. The fourth-order valence-corrected chi connectivity index (χ4v) is 3.63. The summed E-state index contributed by atoms with van der Waals surface area (Å²) < 4.78 is 0. The van der Waals surface area contributed by atoms with Crippen molar-refractivity contribution in [3.8, 4) is 0 Å². The second-order valence-corrected chi connectivity index (χ2v) is 7.18. The minimum absolute atomic E-state index is 0.345. The number of anilines is 1. The van der Waals surface area contributed by atoms with E-state index in [2.05, 4.69) is 35.6 Å². The van der Waals surface area contributed by atoms with E-state index in [1.54, 1.807) is 0 Å². The molecular formula is C21H41N5. The summed E-state index contributed by atoms with van der Waals surface area (Å²) in [5.74, 6) is 6.88. The number of aromatic nitrogens is 2. The van der Waals surface area contributed by atoms with Crippen molar-refractivity contribution in [3.63, 3.8) is 0 Å². The highest BCUT2D eigenvalue weighted by Crippen LogP contribution is 2.22. The minimum Gasteiger partial charge on any atom is -0.332 e.